The number of carboxylic acid groups (broad SMARTS) is 1. The zero-order valence-corrected chi connectivity index (χ0v) is 15.4. The van der Waals surface area contributed by atoms with Gasteiger partial charge in [-0.05, 0) is 71.5 Å². The Morgan fingerprint density at radius 1 is 1.33 bits per heavy atom. The molecule has 2 N–H and O–H groups in total. The lowest BCUT2D eigenvalue weighted by molar-refractivity contribution is 0.0697. The molecule has 6 nitrogen and oxygen atoms in total. The van der Waals surface area contributed by atoms with E-state index in [0.717, 1.165) is 14.9 Å². The fraction of sp³-hybridized carbons (Fsp3) is 0.176. The molecule has 24 heavy (non-hydrogen) atoms. The van der Waals surface area contributed by atoms with Crippen molar-refractivity contribution in [2.24, 2.45) is 5.10 Å². The van der Waals surface area contributed by atoms with Gasteiger partial charge in [-0.25, -0.2) is 4.79 Å². The van der Waals surface area contributed by atoms with E-state index >= 15 is 0 Å². The molecule has 0 spiro atoms. The Morgan fingerprint density at radius 2 is 2.04 bits per heavy atom. The number of halogens is 1. The van der Waals surface area contributed by atoms with Gasteiger partial charge in [0.2, 0.25) is 0 Å². The van der Waals surface area contributed by atoms with Crippen molar-refractivity contribution in [3.05, 3.63) is 51.1 Å². The number of hydrogen-bond donors (Lipinski definition) is 2. The molecule has 0 amide bonds. The zero-order chi connectivity index (χ0) is 17.5. The SMILES string of the molecule is CCOc1c(I)cc(C=NNc2ccc(C(=O)O)cc2)cc1OC. The van der Waals surface area contributed by atoms with E-state index in [2.05, 4.69) is 33.1 Å². The van der Waals surface area contributed by atoms with Crippen molar-refractivity contribution in [3.63, 3.8) is 0 Å². The van der Waals surface area contributed by atoms with Crippen LogP contribution in [0.25, 0.3) is 0 Å². The molecule has 0 saturated heterocycles. The number of aromatic carboxylic acids is 1. The first-order valence-electron chi connectivity index (χ1n) is 7.18. The van der Waals surface area contributed by atoms with Gasteiger partial charge in [-0.2, -0.15) is 5.10 Å². The van der Waals surface area contributed by atoms with Gasteiger partial charge in [0.1, 0.15) is 0 Å². The van der Waals surface area contributed by atoms with Crippen molar-refractivity contribution in [1.82, 2.24) is 0 Å². The maximum Gasteiger partial charge on any atom is 0.335 e. The third kappa shape index (κ3) is 4.60. The Labute approximate surface area is 153 Å². The van der Waals surface area contributed by atoms with Crippen LogP contribution in [-0.2, 0) is 0 Å². The van der Waals surface area contributed by atoms with Gasteiger partial charge in [-0.1, -0.05) is 0 Å². The summed E-state index contributed by atoms with van der Waals surface area (Å²) in [5, 5.41) is 13.0. The molecule has 2 rings (SSSR count). The summed E-state index contributed by atoms with van der Waals surface area (Å²) in [5.41, 5.74) is 4.64. The van der Waals surface area contributed by atoms with Crippen LogP contribution in [0.4, 0.5) is 5.69 Å². The summed E-state index contributed by atoms with van der Waals surface area (Å²) >= 11 is 2.19. The molecule has 2 aromatic rings. The molecular weight excluding hydrogens is 423 g/mol. The number of hydrogen-bond acceptors (Lipinski definition) is 5. The summed E-state index contributed by atoms with van der Waals surface area (Å²) < 4.78 is 11.9. The van der Waals surface area contributed by atoms with Crippen LogP contribution in [-0.4, -0.2) is 31.0 Å². The van der Waals surface area contributed by atoms with E-state index in [9.17, 15) is 4.79 Å². The van der Waals surface area contributed by atoms with E-state index < -0.39 is 5.97 Å². The molecule has 126 valence electrons. The van der Waals surface area contributed by atoms with Crippen LogP contribution in [0, 0.1) is 3.57 Å². The number of benzene rings is 2. The summed E-state index contributed by atoms with van der Waals surface area (Å²) in [6, 6.07) is 10.1. The van der Waals surface area contributed by atoms with Gasteiger partial charge in [-0.3, -0.25) is 5.43 Å². The Hall–Kier alpha value is -2.29. The monoisotopic (exact) mass is 440 g/mol. The van der Waals surface area contributed by atoms with Gasteiger partial charge in [0.15, 0.2) is 11.5 Å². The molecule has 0 aliphatic carbocycles. The molecule has 0 aliphatic rings. The smallest absolute Gasteiger partial charge is 0.335 e. The number of nitrogens with one attached hydrogen (secondary N) is 1. The van der Waals surface area contributed by atoms with Gasteiger partial charge in [0, 0.05) is 0 Å². The van der Waals surface area contributed by atoms with Crippen LogP contribution in [0.5, 0.6) is 11.5 Å². The molecule has 0 aromatic heterocycles. The topological polar surface area (TPSA) is 80.2 Å². The molecular formula is C17H17IN2O4. The highest BCUT2D eigenvalue weighted by atomic mass is 127. The maximum absolute atomic E-state index is 10.8. The normalized spacial score (nSPS) is 10.6. The molecule has 0 unspecified atom stereocenters. The van der Waals surface area contributed by atoms with Gasteiger partial charge in [0.05, 0.1) is 34.8 Å². The quantitative estimate of drug-likeness (QED) is 0.389. The first-order valence-corrected chi connectivity index (χ1v) is 8.25. The van der Waals surface area contributed by atoms with E-state index in [4.69, 9.17) is 14.6 Å². The van der Waals surface area contributed by atoms with Crippen molar-refractivity contribution in [3.8, 4) is 11.5 Å². The van der Waals surface area contributed by atoms with Crippen molar-refractivity contribution < 1.29 is 19.4 Å². The second-order valence-corrected chi connectivity index (χ2v) is 5.88. The molecule has 0 heterocycles. The molecule has 7 heteroatoms. The average Bonchev–Trinajstić information content (AvgIpc) is 2.57. The summed E-state index contributed by atoms with van der Waals surface area (Å²) in [6.07, 6.45) is 1.66. The number of carboxylic acids is 1. The number of rotatable bonds is 7. The Bertz CT molecular complexity index is 745. The highest BCUT2D eigenvalue weighted by Crippen LogP contribution is 2.33. The highest BCUT2D eigenvalue weighted by Gasteiger charge is 2.10. The van der Waals surface area contributed by atoms with Gasteiger partial charge in [-0.15, -0.1) is 0 Å². The third-order valence-electron chi connectivity index (χ3n) is 3.08. The van der Waals surface area contributed by atoms with E-state index in [1.54, 1.807) is 25.5 Å². The third-order valence-corrected chi connectivity index (χ3v) is 3.88. The van der Waals surface area contributed by atoms with Crippen molar-refractivity contribution in [1.29, 1.82) is 0 Å². The number of nitrogens with zero attached hydrogens (tertiary/aromatic N) is 1. The van der Waals surface area contributed by atoms with Crippen molar-refractivity contribution >= 4 is 40.5 Å². The van der Waals surface area contributed by atoms with Crippen LogP contribution in [0.3, 0.4) is 0 Å². The van der Waals surface area contributed by atoms with Gasteiger partial charge in [0.25, 0.3) is 0 Å². The van der Waals surface area contributed by atoms with Crippen LogP contribution < -0.4 is 14.9 Å². The molecule has 0 saturated carbocycles. The average molecular weight is 440 g/mol. The number of carbonyl (C=O) groups is 1. The van der Waals surface area contributed by atoms with Crippen molar-refractivity contribution in [2.45, 2.75) is 6.92 Å². The van der Waals surface area contributed by atoms with Crippen LogP contribution in [0.1, 0.15) is 22.8 Å². The molecule has 0 atom stereocenters. The zero-order valence-electron chi connectivity index (χ0n) is 13.2. The number of ether oxygens (including phenoxy) is 2. The summed E-state index contributed by atoms with van der Waals surface area (Å²) in [6.45, 7) is 2.48. The highest BCUT2D eigenvalue weighted by molar-refractivity contribution is 14.1. The minimum atomic E-state index is -0.957. The Morgan fingerprint density at radius 3 is 2.62 bits per heavy atom. The summed E-state index contributed by atoms with van der Waals surface area (Å²) in [7, 11) is 1.59. The predicted molar refractivity (Wildman–Crippen MR) is 101 cm³/mol. The first kappa shape index (κ1) is 18.1. The lowest BCUT2D eigenvalue weighted by atomic mass is 10.2. The molecule has 0 radical (unpaired) electrons. The van der Waals surface area contributed by atoms with E-state index in [-0.39, 0.29) is 5.56 Å². The predicted octanol–water partition coefficient (Wildman–Crippen LogP) is 3.84. The Kier molecular flexibility index (Phi) is 6.42. The number of anilines is 1. The van der Waals surface area contributed by atoms with E-state index in [0.29, 0.717) is 18.0 Å². The molecule has 0 aliphatic heterocycles. The van der Waals surface area contributed by atoms with Crippen LogP contribution in [0.2, 0.25) is 0 Å². The number of methoxy groups -OCH3 is 1. The fourth-order valence-corrected chi connectivity index (χ4v) is 2.75. The summed E-state index contributed by atoms with van der Waals surface area (Å²) in [4.78, 5) is 10.8. The minimum Gasteiger partial charge on any atom is -0.493 e. The van der Waals surface area contributed by atoms with E-state index in [1.807, 2.05) is 19.1 Å². The molecule has 0 bridgehead atoms. The fourth-order valence-electron chi connectivity index (χ4n) is 1.97. The summed E-state index contributed by atoms with van der Waals surface area (Å²) in [5.74, 6) is 0.409. The van der Waals surface area contributed by atoms with E-state index in [1.165, 1.54) is 12.1 Å². The van der Waals surface area contributed by atoms with Crippen LogP contribution >= 0.6 is 22.6 Å². The minimum absolute atomic E-state index is 0.232. The second kappa shape index (κ2) is 8.53. The molecule has 2 aromatic carbocycles. The van der Waals surface area contributed by atoms with Gasteiger partial charge >= 0.3 is 5.97 Å². The molecule has 0 fully saturated rings. The standard InChI is InChI=1S/C17H17IN2O4/c1-3-24-16-14(18)8-11(9-15(16)23-2)10-19-20-13-6-4-12(5-7-13)17(21)22/h4-10,20H,3H2,1-2H3,(H,21,22). The number of hydrazone groups is 1. The maximum atomic E-state index is 10.8. The first-order chi connectivity index (χ1) is 11.5. The lowest BCUT2D eigenvalue weighted by Gasteiger charge is -2.12. The second-order valence-electron chi connectivity index (χ2n) is 4.72. The van der Waals surface area contributed by atoms with Crippen molar-refractivity contribution in [2.75, 3.05) is 19.1 Å². The largest absolute Gasteiger partial charge is 0.493 e. The van der Waals surface area contributed by atoms with Crippen LogP contribution in [0.15, 0.2) is 41.5 Å². The lowest BCUT2D eigenvalue weighted by Crippen LogP contribution is -2.00. The Balaban J connectivity index is 2.11. The van der Waals surface area contributed by atoms with Gasteiger partial charge < -0.3 is 14.6 Å².